The fraction of sp³-hybridized carbons (Fsp3) is 0.462. The molecule has 0 spiro atoms. The predicted molar refractivity (Wildman–Crippen MR) is 67.5 cm³/mol. The molecule has 0 aromatic carbocycles. The van der Waals surface area contributed by atoms with Gasteiger partial charge in [-0.25, -0.2) is 0 Å². The molecule has 0 aliphatic heterocycles. The van der Waals surface area contributed by atoms with E-state index in [1.807, 2.05) is 12.4 Å². The fourth-order valence-electron chi connectivity index (χ4n) is 1.74. The van der Waals surface area contributed by atoms with Crippen LogP contribution in [0.15, 0.2) is 30.7 Å². The molecule has 0 fully saturated rings. The van der Waals surface area contributed by atoms with Gasteiger partial charge in [0, 0.05) is 36.1 Å². The van der Waals surface area contributed by atoms with Gasteiger partial charge in [0.2, 0.25) is 0 Å². The topological polar surface area (TPSA) is 21.1 Å². The molecule has 2 rings (SSSR count). The number of hydrogen-bond acceptors (Lipinski definition) is 2. The molecule has 0 bridgehead atoms. The monoisotopic (exact) mass is 217 g/mol. The third kappa shape index (κ3) is 1.95. The van der Waals surface area contributed by atoms with E-state index in [0.717, 1.165) is 6.54 Å². The maximum Gasteiger partial charge on any atom is 0.0511 e. The van der Waals surface area contributed by atoms with E-state index in [1.165, 1.54) is 10.9 Å². The first-order valence-electron chi connectivity index (χ1n) is 5.57. The zero-order valence-electron chi connectivity index (χ0n) is 10.4. The van der Waals surface area contributed by atoms with E-state index in [4.69, 9.17) is 0 Å². The Morgan fingerprint density at radius 3 is 2.75 bits per heavy atom. The highest BCUT2D eigenvalue weighted by Crippen LogP contribution is 2.19. The van der Waals surface area contributed by atoms with Crippen molar-refractivity contribution in [2.45, 2.75) is 25.9 Å². The van der Waals surface area contributed by atoms with E-state index >= 15 is 0 Å². The summed E-state index contributed by atoms with van der Waals surface area (Å²) in [6.07, 6.45) is 5.90. The van der Waals surface area contributed by atoms with Crippen molar-refractivity contribution >= 4 is 10.9 Å². The lowest BCUT2D eigenvalue weighted by Gasteiger charge is -2.33. The Morgan fingerprint density at radius 1 is 1.31 bits per heavy atom. The van der Waals surface area contributed by atoms with Gasteiger partial charge in [-0.15, -0.1) is 0 Å². The quantitative estimate of drug-likeness (QED) is 0.787. The lowest BCUT2D eigenvalue weighted by Crippen LogP contribution is -2.41. The van der Waals surface area contributed by atoms with Crippen molar-refractivity contribution in [3.8, 4) is 0 Å². The molecule has 0 saturated carbocycles. The van der Waals surface area contributed by atoms with Gasteiger partial charge in [-0.05, 0) is 40.1 Å². The number of nitrogens with zero attached hydrogens (tertiary/aromatic N) is 3. The number of hydrogen-bond donors (Lipinski definition) is 0. The molecule has 16 heavy (non-hydrogen) atoms. The maximum atomic E-state index is 4.13. The van der Waals surface area contributed by atoms with Gasteiger partial charge in [-0.1, -0.05) is 0 Å². The lowest BCUT2D eigenvalue weighted by molar-refractivity contribution is 0.171. The molecule has 0 saturated heterocycles. The van der Waals surface area contributed by atoms with Crippen molar-refractivity contribution in [1.29, 1.82) is 0 Å². The molecule has 0 radical (unpaired) electrons. The molecule has 0 N–H and O–H groups in total. The van der Waals surface area contributed by atoms with Crippen LogP contribution in [0.3, 0.4) is 0 Å². The highest BCUT2D eigenvalue weighted by atomic mass is 15.2. The summed E-state index contributed by atoms with van der Waals surface area (Å²) >= 11 is 0. The molecule has 0 unspecified atom stereocenters. The summed E-state index contributed by atoms with van der Waals surface area (Å²) in [5.74, 6) is 0. The molecule has 3 heteroatoms. The van der Waals surface area contributed by atoms with E-state index < -0.39 is 0 Å². The predicted octanol–water partition coefficient (Wildman–Crippen LogP) is 2.38. The number of rotatable bonds is 3. The van der Waals surface area contributed by atoms with Gasteiger partial charge in [-0.3, -0.25) is 4.98 Å². The highest BCUT2D eigenvalue weighted by molar-refractivity contribution is 5.78. The SMILES string of the molecule is CN(C)C(C)(C)Cn1ccc2cnccc21. The van der Waals surface area contributed by atoms with Crippen molar-refractivity contribution < 1.29 is 0 Å². The third-order valence-electron chi connectivity index (χ3n) is 3.34. The maximum absolute atomic E-state index is 4.13. The second kappa shape index (κ2) is 3.91. The van der Waals surface area contributed by atoms with Crippen LogP contribution < -0.4 is 0 Å². The van der Waals surface area contributed by atoms with Gasteiger partial charge in [0.15, 0.2) is 0 Å². The van der Waals surface area contributed by atoms with Crippen LogP contribution in [0.25, 0.3) is 10.9 Å². The number of fused-ring (bicyclic) bond motifs is 1. The second-order valence-corrected chi connectivity index (χ2v) is 5.08. The molecule has 86 valence electrons. The normalized spacial score (nSPS) is 12.6. The standard InChI is InChI=1S/C13H19N3/c1-13(2,15(3)4)10-16-8-6-11-9-14-7-5-12(11)16/h5-9H,10H2,1-4H3. The summed E-state index contributed by atoms with van der Waals surface area (Å²) in [5, 5.41) is 1.21. The minimum atomic E-state index is 0.148. The Kier molecular flexibility index (Phi) is 2.72. The van der Waals surface area contributed by atoms with Crippen molar-refractivity contribution in [3.05, 3.63) is 30.7 Å². The Morgan fingerprint density at radius 2 is 2.06 bits per heavy atom. The van der Waals surface area contributed by atoms with Gasteiger partial charge in [0.25, 0.3) is 0 Å². The van der Waals surface area contributed by atoms with Crippen LogP contribution in [0.1, 0.15) is 13.8 Å². The molecule has 2 heterocycles. The van der Waals surface area contributed by atoms with Crippen molar-refractivity contribution in [1.82, 2.24) is 14.5 Å². The first-order valence-corrected chi connectivity index (χ1v) is 5.57. The minimum Gasteiger partial charge on any atom is -0.346 e. The van der Waals surface area contributed by atoms with E-state index in [9.17, 15) is 0 Å². The molecule has 2 aromatic heterocycles. The molecule has 0 amide bonds. The molecule has 3 nitrogen and oxygen atoms in total. The Hall–Kier alpha value is -1.35. The van der Waals surface area contributed by atoms with Gasteiger partial charge in [-0.2, -0.15) is 0 Å². The summed E-state index contributed by atoms with van der Waals surface area (Å²) in [5.41, 5.74) is 1.40. The second-order valence-electron chi connectivity index (χ2n) is 5.08. The van der Waals surface area contributed by atoms with Crippen LogP contribution in [0.4, 0.5) is 0 Å². The molecular weight excluding hydrogens is 198 g/mol. The molecular formula is C13H19N3. The molecule has 0 aliphatic rings. The zero-order chi connectivity index (χ0) is 11.8. The van der Waals surface area contributed by atoms with Crippen molar-refractivity contribution in [2.24, 2.45) is 0 Å². The number of pyridine rings is 1. The van der Waals surface area contributed by atoms with Crippen molar-refractivity contribution in [2.75, 3.05) is 14.1 Å². The van der Waals surface area contributed by atoms with Crippen LogP contribution in [0.2, 0.25) is 0 Å². The van der Waals surface area contributed by atoms with Gasteiger partial charge in [0.05, 0.1) is 5.52 Å². The van der Waals surface area contributed by atoms with E-state index in [2.05, 4.69) is 60.7 Å². The Bertz CT molecular complexity index is 483. The average Bonchev–Trinajstić information content (AvgIpc) is 2.61. The summed E-state index contributed by atoms with van der Waals surface area (Å²) in [6, 6.07) is 4.19. The largest absolute Gasteiger partial charge is 0.346 e. The van der Waals surface area contributed by atoms with E-state index in [-0.39, 0.29) is 5.54 Å². The Balaban J connectivity index is 2.35. The van der Waals surface area contributed by atoms with Crippen molar-refractivity contribution in [3.63, 3.8) is 0 Å². The van der Waals surface area contributed by atoms with Crippen LogP contribution in [-0.2, 0) is 6.54 Å². The molecule has 0 aliphatic carbocycles. The summed E-state index contributed by atoms with van der Waals surface area (Å²) in [6.45, 7) is 5.48. The minimum absolute atomic E-state index is 0.148. The first-order chi connectivity index (χ1) is 7.50. The molecule has 2 aromatic rings. The highest BCUT2D eigenvalue weighted by Gasteiger charge is 2.21. The van der Waals surface area contributed by atoms with E-state index in [0.29, 0.717) is 0 Å². The van der Waals surface area contributed by atoms with Crippen LogP contribution in [0.5, 0.6) is 0 Å². The average molecular weight is 217 g/mol. The zero-order valence-corrected chi connectivity index (χ0v) is 10.4. The van der Waals surface area contributed by atoms with Crippen LogP contribution >= 0.6 is 0 Å². The van der Waals surface area contributed by atoms with Gasteiger partial charge in [0.1, 0.15) is 0 Å². The first kappa shape index (κ1) is 11.1. The van der Waals surface area contributed by atoms with Crippen LogP contribution in [0, 0.1) is 0 Å². The number of aromatic nitrogens is 2. The van der Waals surface area contributed by atoms with Crippen LogP contribution in [-0.4, -0.2) is 34.1 Å². The van der Waals surface area contributed by atoms with Gasteiger partial charge < -0.3 is 9.47 Å². The third-order valence-corrected chi connectivity index (χ3v) is 3.34. The molecule has 0 atom stereocenters. The van der Waals surface area contributed by atoms with Gasteiger partial charge >= 0.3 is 0 Å². The fourth-order valence-corrected chi connectivity index (χ4v) is 1.74. The summed E-state index contributed by atoms with van der Waals surface area (Å²) in [4.78, 5) is 6.38. The summed E-state index contributed by atoms with van der Waals surface area (Å²) < 4.78 is 2.29. The smallest absolute Gasteiger partial charge is 0.0511 e. The number of likely N-dealkylation sites (N-methyl/N-ethyl adjacent to an activating group) is 1. The van der Waals surface area contributed by atoms with E-state index in [1.54, 1.807) is 0 Å². The lowest BCUT2D eigenvalue weighted by atomic mass is 10.0. The summed E-state index contributed by atoms with van der Waals surface area (Å²) in [7, 11) is 4.24. The Labute approximate surface area is 96.7 Å².